The van der Waals surface area contributed by atoms with Crippen LogP contribution in [0.1, 0.15) is 10.4 Å². The minimum Gasteiger partial charge on any atom is -0.493 e. The molecule has 0 aliphatic carbocycles. The summed E-state index contributed by atoms with van der Waals surface area (Å²) in [5.74, 6) is 0.726. The van der Waals surface area contributed by atoms with Crippen LogP contribution in [0.3, 0.4) is 0 Å². The van der Waals surface area contributed by atoms with E-state index < -0.39 is 0 Å². The summed E-state index contributed by atoms with van der Waals surface area (Å²) < 4.78 is 12.5. The maximum atomic E-state index is 13.0. The normalized spacial score (nSPS) is 11.4. The highest BCUT2D eigenvalue weighted by molar-refractivity contribution is 7.13. The van der Waals surface area contributed by atoms with E-state index in [0.29, 0.717) is 21.9 Å². The molecule has 1 aromatic heterocycles. The first-order chi connectivity index (χ1) is 15.1. The average Bonchev–Trinajstić information content (AvgIpc) is 3.15. The lowest BCUT2D eigenvalue weighted by molar-refractivity contribution is 0.0997. The first-order valence-corrected chi connectivity index (χ1v) is 10.6. The first-order valence-electron chi connectivity index (χ1n) is 9.74. The van der Waals surface area contributed by atoms with Crippen LogP contribution in [0.25, 0.3) is 21.7 Å². The number of carbonyl (C=O) groups is 1. The van der Waals surface area contributed by atoms with Gasteiger partial charge in [0.1, 0.15) is 0 Å². The van der Waals surface area contributed by atoms with Crippen molar-refractivity contribution in [2.24, 2.45) is 12.0 Å². The summed E-state index contributed by atoms with van der Waals surface area (Å²) >= 11 is 1.49. The van der Waals surface area contributed by atoms with Crippen molar-refractivity contribution >= 4 is 17.2 Å². The van der Waals surface area contributed by atoms with Gasteiger partial charge >= 0.3 is 0 Å². The Bertz CT molecular complexity index is 1280. The van der Waals surface area contributed by atoms with Crippen LogP contribution in [0.5, 0.6) is 11.5 Å². The Hall–Kier alpha value is -3.64. The van der Waals surface area contributed by atoms with Gasteiger partial charge in [0.15, 0.2) is 16.3 Å². The number of benzene rings is 3. The second-order valence-corrected chi connectivity index (χ2v) is 7.82. The number of aromatic nitrogens is 1. The highest BCUT2D eigenvalue weighted by atomic mass is 32.1. The third-order valence-electron chi connectivity index (χ3n) is 4.94. The van der Waals surface area contributed by atoms with Crippen molar-refractivity contribution in [3.8, 4) is 33.2 Å². The van der Waals surface area contributed by atoms with Crippen molar-refractivity contribution < 1.29 is 14.3 Å². The lowest BCUT2D eigenvalue weighted by Crippen LogP contribution is -2.14. The Balaban J connectivity index is 1.85. The van der Waals surface area contributed by atoms with Gasteiger partial charge in [0.2, 0.25) is 0 Å². The molecule has 0 saturated carbocycles. The molecule has 5 nitrogen and oxygen atoms in total. The van der Waals surface area contributed by atoms with E-state index in [-0.39, 0.29) is 5.91 Å². The molecule has 4 aromatic rings. The third-order valence-corrected chi connectivity index (χ3v) is 6.12. The first kappa shape index (κ1) is 20.6. The zero-order valence-electron chi connectivity index (χ0n) is 17.5. The van der Waals surface area contributed by atoms with E-state index in [4.69, 9.17) is 9.47 Å². The number of ether oxygens (including phenoxy) is 2. The van der Waals surface area contributed by atoms with E-state index in [2.05, 4.69) is 29.3 Å². The number of hydrogen-bond acceptors (Lipinski definition) is 4. The largest absolute Gasteiger partial charge is 0.493 e. The van der Waals surface area contributed by atoms with Crippen LogP contribution in [-0.4, -0.2) is 24.7 Å². The van der Waals surface area contributed by atoms with Gasteiger partial charge in [0.25, 0.3) is 5.91 Å². The van der Waals surface area contributed by atoms with Crippen LogP contribution >= 0.6 is 11.3 Å². The van der Waals surface area contributed by atoms with Gasteiger partial charge in [-0.15, -0.1) is 0 Å². The summed E-state index contributed by atoms with van der Waals surface area (Å²) in [6.07, 6.45) is 0. The van der Waals surface area contributed by atoms with Crippen LogP contribution in [0.4, 0.5) is 0 Å². The molecule has 1 heterocycles. The van der Waals surface area contributed by atoms with Crippen LogP contribution in [0.15, 0.2) is 83.9 Å². The van der Waals surface area contributed by atoms with Crippen molar-refractivity contribution in [3.63, 3.8) is 0 Å². The Kier molecular flexibility index (Phi) is 6.00. The molecule has 0 fully saturated rings. The van der Waals surface area contributed by atoms with Gasteiger partial charge in [0, 0.05) is 12.6 Å². The van der Waals surface area contributed by atoms with Gasteiger partial charge in [-0.05, 0) is 29.3 Å². The zero-order valence-corrected chi connectivity index (χ0v) is 18.3. The van der Waals surface area contributed by atoms with Gasteiger partial charge in [-0.3, -0.25) is 4.79 Å². The molecule has 0 aliphatic heterocycles. The number of thiazole rings is 1. The number of nitrogens with zero attached hydrogens (tertiary/aromatic N) is 2. The molecular weight excluding hydrogens is 408 g/mol. The molecule has 0 radical (unpaired) electrons. The number of amides is 1. The smallest absolute Gasteiger partial charge is 0.279 e. The van der Waals surface area contributed by atoms with Crippen molar-refractivity contribution in [2.75, 3.05) is 14.2 Å². The molecule has 0 aliphatic rings. The molecule has 6 heteroatoms. The van der Waals surface area contributed by atoms with E-state index in [1.807, 2.05) is 48.0 Å². The minimum absolute atomic E-state index is 0.336. The molecule has 3 aromatic carbocycles. The summed E-state index contributed by atoms with van der Waals surface area (Å²) in [7, 11) is 5.04. The Labute approximate surface area is 184 Å². The van der Waals surface area contributed by atoms with Gasteiger partial charge in [-0.1, -0.05) is 72.0 Å². The van der Waals surface area contributed by atoms with Crippen LogP contribution < -0.4 is 14.3 Å². The predicted molar refractivity (Wildman–Crippen MR) is 124 cm³/mol. The fourth-order valence-corrected chi connectivity index (χ4v) is 4.53. The summed E-state index contributed by atoms with van der Waals surface area (Å²) in [5.41, 5.74) is 3.62. The molecule has 0 saturated heterocycles. The van der Waals surface area contributed by atoms with E-state index in [9.17, 15) is 4.79 Å². The summed E-state index contributed by atoms with van der Waals surface area (Å²) in [5, 5.41) is 0. The second kappa shape index (κ2) is 9.02. The minimum atomic E-state index is -0.336. The number of carbonyl (C=O) groups excluding carboxylic acids is 1. The molecule has 31 heavy (non-hydrogen) atoms. The van der Waals surface area contributed by atoms with Crippen molar-refractivity contribution in [1.82, 2.24) is 4.57 Å². The zero-order chi connectivity index (χ0) is 21.8. The lowest BCUT2D eigenvalue weighted by atomic mass is 10.1. The molecule has 0 atom stereocenters. The fraction of sp³-hybridized carbons (Fsp3) is 0.120. The van der Waals surface area contributed by atoms with E-state index >= 15 is 0 Å². The van der Waals surface area contributed by atoms with Crippen molar-refractivity contribution in [3.05, 3.63) is 89.2 Å². The lowest BCUT2D eigenvalue weighted by Gasteiger charge is -2.08. The Morgan fingerprint density at radius 1 is 0.839 bits per heavy atom. The highest BCUT2D eigenvalue weighted by Gasteiger charge is 2.16. The second-order valence-electron chi connectivity index (χ2n) is 6.84. The van der Waals surface area contributed by atoms with Gasteiger partial charge in [0.05, 0.1) is 24.8 Å². The van der Waals surface area contributed by atoms with Gasteiger partial charge in [-0.2, -0.15) is 4.99 Å². The predicted octanol–water partition coefficient (Wildman–Crippen LogP) is 5.18. The molecule has 0 spiro atoms. The molecule has 0 unspecified atom stereocenters. The topological polar surface area (TPSA) is 52.8 Å². The van der Waals surface area contributed by atoms with E-state index in [1.54, 1.807) is 32.4 Å². The average molecular weight is 431 g/mol. The summed E-state index contributed by atoms with van der Waals surface area (Å²) in [4.78, 5) is 19.1. The number of methoxy groups -OCH3 is 2. The standard InChI is InChI=1S/C25H22N2O3S/c1-27-22(17-10-6-4-7-11-17)23(18-12-8-5-9-13-18)31-25(27)26-24(28)19-14-15-20(29-2)21(16-19)30-3/h4-16H,1-3H3. The highest BCUT2D eigenvalue weighted by Crippen LogP contribution is 2.34. The Morgan fingerprint density at radius 3 is 2.06 bits per heavy atom. The van der Waals surface area contributed by atoms with Crippen LogP contribution in [0.2, 0.25) is 0 Å². The maximum Gasteiger partial charge on any atom is 0.279 e. The van der Waals surface area contributed by atoms with Gasteiger partial charge in [-0.25, -0.2) is 0 Å². The SMILES string of the molecule is COc1ccc(C(=O)N=c2sc(-c3ccccc3)c(-c3ccccc3)n2C)cc1OC. The molecule has 4 rings (SSSR count). The molecule has 156 valence electrons. The molecule has 0 N–H and O–H groups in total. The van der Waals surface area contributed by atoms with Crippen molar-refractivity contribution in [1.29, 1.82) is 0 Å². The van der Waals surface area contributed by atoms with Gasteiger partial charge < -0.3 is 14.0 Å². The summed E-state index contributed by atoms with van der Waals surface area (Å²) in [6, 6.07) is 25.3. The molecule has 1 amide bonds. The van der Waals surface area contributed by atoms with Crippen LogP contribution in [0, 0.1) is 0 Å². The molecular formula is C25H22N2O3S. The summed E-state index contributed by atoms with van der Waals surface area (Å²) in [6.45, 7) is 0. The molecule has 0 bridgehead atoms. The van der Waals surface area contributed by atoms with Crippen molar-refractivity contribution in [2.45, 2.75) is 0 Å². The fourth-order valence-electron chi connectivity index (χ4n) is 3.38. The quantitative estimate of drug-likeness (QED) is 0.438. The van der Waals surface area contributed by atoms with E-state index in [1.165, 1.54) is 11.3 Å². The maximum absolute atomic E-state index is 13.0. The van der Waals surface area contributed by atoms with Crippen LogP contribution in [-0.2, 0) is 7.05 Å². The third kappa shape index (κ3) is 4.15. The monoisotopic (exact) mass is 430 g/mol. The Morgan fingerprint density at radius 2 is 1.45 bits per heavy atom. The number of rotatable bonds is 5. The number of hydrogen-bond donors (Lipinski definition) is 0. The van der Waals surface area contributed by atoms with E-state index in [0.717, 1.165) is 21.7 Å².